The molecule has 0 amide bonds. The summed E-state index contributed by atoms with van der Waals surface area (Å²) in [4.78, 5) is 8.85. The molecular formula is C15H23N5. The Bertz CT molecular complexity index is 597. The number of hydrogen-bond donors (Lipinski definition) is 2. The van der Waals surface area contributed by atoms with Gasteiger partial charge in [-0.15, -0.1) is 0 Å². The summed E-state index contributed by atoms with van der Waals surface area (Å²) in [5.41, 5.74) is 8.87. The first kappa shape index (κ1) is 14.4. The summed E-state index contributed by atoms with van der Waals surface area (Å²) in [6, 6.07) is 6.06. The quantitative estimate of drug-likeness (QED) is 0.647. The average Bonchev–Trinajstić information content (AvgIpc) is 2.80. The van der Waals surface area contributed by atoms with E-state index < -0.39 is 0 Å². The van der Waals surface area contributed by atoms with Gasteiger partial charge in [0.25, 0.3) is 0 Å². The van der Waals surface area contributed by atoms with Gasteiger partial charge >= 0.3 is 0 Å². The van der Waals surface area contributed by atoms with E-state index in [1.54, 1.807) is 0 Å². The van der Waals surface area contributed by atoms with Gasteiger partial charge in [0.15, 0.2) is 5.96 Å². The molecule has 0 aromatic carbocycles. The van der Waals surface area contributed by atoms with Gasteiger partial charge < -0.3 is 15.5 Å². The number of rotatable bonds is 5. The number of guanidine groups is 1. The van der Waals surface area contributed by atoms with Gasteiger partial charge in [-0.1, -0.05) is 19.9 Å². The fraction of sp³-hybridized carbons (Fsp3) is 0.467. The van der Waals surface area contributed by atoms with Crippen molar-refractivity contribution in [3.8, 4) is 0 Å². The zero-order valence-corrected chi connectivity index (χ0v) is 12.4. The summed E-state index contributed by atoms with van der Waals surface area (Å²) in [6.07, 6.45) is 3.10. The Morgan fingerprint density at radius 2 is 2.25 bits per heavy atom. The number of nitrogens with one attached hydrogen (secondary N) is 1. The third-order valence-electron chi connectivity index (χ3n) is 3.19. The largest absolute Gasteiger partial charge is 0.370 e. The minimum atomic E-state index is 0.486. The standard InChI is InChI=1S/C15H23N5/c1-11(2)7-8-17-15(16)18-9-13-10-20-12(3)5-4-6-14(20)19-13/h4-6,10-11H,7-9H2,1-3H3,(H3,16,17,18). The maximum Gasteiger partial charge on any atom is 0.188 e. The summed E-state index contributed by atoms with van der Waals surface area (Å²) in [5.74, 6) is 1.15. The molecule has 108 valence electrons. The van der Waals surface area contributed by atoms with Crippen molar-refractivity contribution in [3.05, 3.63) is 35.8 Å². The fourth-order valence-corrected chi connectivity index (χ4v) is 1.99. The number of aryl methyl sites for hydroxylation is 1. The zero-order valence-electron chi connectivity index (χ0n) is 12.4. The van der Waals surface area contributed by atoms with E-state index in [-0.39, 0.29) is 0 Å². The van der Waals surface area contributed by atoms with Crippen molar-refractivity contribution in [2.45, 2.75) is 33.7 Å². The van der Waals surface area contributed by atoms with Crippen LogP contribution in [0.1, 0.15) is 31.7 Å². The van der Waals surface area contributed by atoms with Crippen LogP contribution in [0.4, 0.5) is 0 Å². The molecule has 0 unspecified atom stereocenters. The Morgan fingerprint density at radius 3 is 2.95 bits per heavy atom. The summed E-state index contributed by atoms with van der Waals surface area (Å²) in [6.45, 7) is 7.80. The number of nitrogens with zero attached hydrogens (tertiary/aromatic N) is 3. The molecule has 0 saturated heterocycles. The highest BCUT2D eigenvalue weighted by Gasteiger charge is 2.02. The molecular weight excluding hydrogens is 250 g/mol. The molecule has 0 atom stereocenters. The second kappa shape index (κ2) is 6.41. The lowest BCUT2D eigenvalue weighted by molar-refractivity contribution is 0.576. The van der Waals surface area contributed by atoms with Crippen LogP contribution in [-0.2, 0) is 6.54 Å². The van der Waals surface area contributed by atoms with E-state index >= 15 is 0 Å². The van der Waals surface area contributed by atoms with Gasteiger partial charge in [-0.05, 0) is 31.4 Å². The van der Waals surface area contributed by atoms with Crippen LogP contribution in [-0.4, -0.2) is 21.9 Å². The first-order valence-electron chi connectivity index (χ1n) is 7.03. The van der Waals surface area contributed by atoms with Gasteiger partial charge in [0.05, 0.1) is 12.2 Å². The number of fused-ring (bicyclic) bond motifs is 1. The molecule has 20 heavy (non-hydrogen) atoms. The Labute approximate surface area is 119 Å². The number of aliphatic imine (C=N–C) groups is 1. The first-order valence-corrected chi connectivity index (χ1v) is 7.03. The predicted molar refractivity (Wildman–Crippen MR) is 82.7 cm³/mol. The van der Waals surface area contributed by atoms with Gasteiger partial charge in [-0.2, -0.15) is 0 Å². The molecule has 5 nitrogen and oxygen atoms in total. The van der Waals surface area contributed by atoms with E-state index in [2.05, 4.69) is 46.5 Å². The number of imidazole rings is 1. The van der Waals surface area contributed by atoms with Crippen molar-refractivity contribution in [3.63, 3.8) is 0 Å². The molecule has 0 radical (unpaired) electrons. The van der Waals surface area contributed by atoms with E-state index in [4.69, 9.17) is 5.73 Å². The first-order chi connectivity index (χ1) is 9.56. The summed E-state index contributed by atoms with van der Waals surface area (Å²) < 4.78 is 2.06. The third kappa shape index (κ3) is 3.73. The number of aromatic nitrogens is 2. The van der Waals surface area contributed by atoms with Gasteiger partial charge in [0.2, 0.25) is 0 Å². The Morgan fingerprint density at radius 1 is 1.45 bits per heavy atom. The third-order valence-corrected chi connectivity index (χ3v) is 3.19. The molecule has 0 aliphatic heterocycles. The van der Waals surface area contributed by atoms with Crippen molar-refractivity contribution in [1.29, 1.82) is 0 Å². The normalized spacial score (nSPS) is 12.3. The van der Waals surface area contributed by atoms with Crippen molar-refractivity contribution in [2.75, 3.05) is 6.54 Å². The van der Waals surface area contributed by atoms with Crippen LogP contribution in [0.2, 0.25) is 0 Å². The van der Waals surface area contributed by atoms with Crippen molar-refractivity contribution >= 4 is 11.6 Å². The van der Waals surface area contributed by atoms with E-state index in [0.29, 0.717) is 18.4 Å². The van der Waals surface area contributed by atoms with E-state index in [0.717, 1.165) is 30.0 Å². The second-order valence-corrected chi connectivity index (χ2v) is 5.44. The highest BCUT2D eigenvalue weighted by molar-refractivity contribution is 5.77. The van der Waals surface area contributed by atoms with Crippen molar-refractivity contribution in [2.24, 2.45) is 16.6 Å². The molecule has 2 aromatic rings. The Hall–Kier alpha value is -2.04. The lowest BCUT2D eigenvalue weighted by Gasteiger charge is -2.06. The number of nitrogens with two attached hydrogens (primary N) is 1. The highest BCUT2D eigenvalue weighted by atomic mass is 15.1. The lowest BCUT2D eigenvalue weighted by atomic mass is 10.1. The van der Waals surface area contributed by atoms with E-state index in [9.17, 15) is 0 Å². The van der Waals surface area contributed by atoms with Crippen LogP contribution in [0.3, 0.4) is 0 Å². The van der Waals surface area contributed by atoms with Crippen LogP contribution < -0.4 is 11.1 Å². The minimum absolute atomic E-state index is 0.486. The minimum Gasteiger partial charge on any atom is -0.370 e. The maximum atomic E-state index is 5.84. The van der Waals surface area contributed by atoms with Gasteiger partial charge in [0, 0.05) is 18.4 Å². The zero-order chi connectivity index (χ0) is 14.5. The summed E-state index contributed by atoms with van der Waals surface area (Å²) >= 11 is 0. The molecule has 3 N–H and O–H groups in total. The SMILES string of the molecule is Cc1cccc2nc(CN=C(N)NCCC(C)C)cn12. The molecule has 0 spiro atoms. The lowest BCUT2D eigenvalue weighted by Crippen LogP contribution is -2.32. The summed E-state index contributed by atoms with van der Waals surface area (Å²) in [5, 5.41) is 3.12. The maximum absolute atomic E-state index is 5.84. The molecule has 0 bridgehead atoms. The molecule has 0 saturated carbocycles. The van der Waals surface area contributed by atoms with Gasteiger partial charge in [0.1, 0.15) is 5.65 Å². The molecule has 0 aliphatic carbocycles. The monoisotopic (exact) mass is 273 g/mol. The van der Waals surface area contributed by atoms with Gasteiger partial charge in [-0.3, -0.25) is 0 Å². The van der Waals surface area contributed by atoms with E-state index in [1.165, 1.54) is 0 Å². The molecule has 2 aromatic heterocycles. The topological polar surface area (TPSA) is 67.7 Å². The number of hydrogen-bond acceptors (Lipinski definition) is 2. The van der Waals surface area contributed by atoms with Crippen LogP contribution in [0.15, 0.2) is 29.4 Å². The highest BCUT2D eigenvalue weighted by Crippen LogP contribution is 2.09. The van der Waals surface area contributed by atoms with Crippen molar-refractivity contribution in [1.82, 2.24) is 14.7 Å². The Kier molecular flexibility index (Phi) is 4.61. The molecule has 5 heteroatoms. The van der Waals surface area contributed by atoms with Crippen LogP contribution in [0, 0.1) is 12.8 Å². The smallest absolute Gasteiger partial charge is 0.188 e. The molecule has 0 fully saturated rings. The molecule has 2 heterocycles. The average molecular weight is 273 g/mol. The molecule has 2 rings (SSSR count). The summed E-state index contributed by atoms with van der Waals surface area (Å²) in [7, 11) is 0. The van der Waals surface area contributed by atoms with Gasteiger partial charge in [-0.25, -0.2) is 9.98 Å². The Balaban J connectivity index is 1.96. The predicted octanol–water partition coefficient (Wildman–Crippen LogP) is 2.09. The van der Waals surface area contributed by atoms with Crippen LogP contribution >= 0.6 is 0 Å². The number of pyridine rings is 1. The van der Waals surface area contributed by atoms with E-state index in [1.807, 2.05) is 18.3 Å². The second-order valence-electron chi connectivity index (χ2n) is 5.44. The molecule has 0 aliphatic rings. The fourth-order valence-electron chi connectivity index (χ4n) is 1.99. The van der Waals surface area contributed by atoms with Crippen molar-refractivity contribution < 1.29 is 0 Å². The van der Waals surface area contributed by atoms with Crippen LogP contribution in [0.25, 0.3) is 5.65 Å². The van der Waals surface area contributed by atoms with Crippen LogP contribution in [0.5, 0.6) is 0 Å².